The molecule has 5 nitrogen and oxygen atoms in total. The molecule has 1 aliphatic carbocycles. The minimum atomic E-state index is -5.34. The molecule has 0 bridgehead atoms. The van der Waals surface area contributed by atoms with Crippen molar-refractivity contribution >= 4 is 15.6 Å². The molecule has 2 aromatic rings. The van der Waals surface area contributed by atoms with E-state index in [1.807, 2.05) is 0 Å². The number of hydrogen-bond donors (Lipinski definition) is 0. The molecule has 0 saturated heterocycles. The summed E-state index contributed by atoms with van der Waals surface area (Å²) in [5.74, 6) is -11.5. The van der Waals surface area contributed by atoms with Gasteiger partial charge in [0.1, 0.15) is 17.3 Å². The lowest BCUT2D eigenvalue weighted by atomic mass is 10.1. The van der Waals surface area contributed by atoms with Crippen molar-refractivity contribution in [3.05, 3.63) is 52.8 Å². The maximum absolute atomic E-state index is 13.9. The van der Waals surface area contributed by atoms with Crippen LogP contribution in [0.25, 0.3) is 0 Å². The highest BCUT2D eigenvalue weighted by atomic mass is 32.2. The highest BCUT2D eigenvalue weighted by Gasteiger charge is 2.51. The van der Waals surface area contributed by atoms with Gasteiger partial charge in [0, 0.05) is 23.6 Å². The zero-order valence-electron chi connectivity index (χ0n) is 13.5. The smallest absolute Gasteiger partial charge is 0.341 e. The van der Waals surface area contributed by atoms with Gasteiger partial charge in [-0.2, -0.15) is 22.8 Å². The minimum absolute atomic E-state index is 0.148. The van der Waals surface area contributed by atoms with E-state index in [2.05, 4.69) is 0 Å². The second-order valence-corrected chi connectivity index (χ2v) is 7.71. The zero-order chi connectivity index (χ0) is 20.9. The molecule has 0 heterocycles. The number of ketones is 1. The summed E-state index contributed by atoms with van der Waals surface area (Å²) in [5.41, 5.74) is -1.83. The lowest BCUT2D eigenvalue weighted by Gasteiger charge is -2.13. The number of nitriles is 1. The van der Waals surface area contributed by atoms with Crippen LogP contribution in [0.3, 0.4) is 0 Å². The van der Waals surface area contributed by atoms with E-state index in [1.54, 1.807) is 6.07 Å². The number of Topliss-reactive ketones (excluding diaryl/α,β-unsaturated/α-hetero) is 1. The van der Waals surface area contributed by atoms with Crippen LogP contribution in [0.1, 0.15) is 21.5 Å². The summed E-state index contributed by atoms with van der Waals surface area (Å²) in [7, 11) is -5.34. The number of hydrogen-bond acceptors (Lipinski definition) is 5. The molecule has 1 aliphatic rings. The molecular weight excluding hydrogens is 409 g/mol. The van der Waals surface area contributed by atoms with E-state index in [0.29, 0.717) is 6.07 Å². The van der Waals surface area contributed by atoms with E-state index in [1.165, 1.54) is 0 Å². The molecule has 11 heteroatoms. The summed E-state index contributed by atoms with van der Waals surface area (Å²) in [6, 6.07) is 5.81. The van der Waals surface area contributed by atoms with Gasteiger partial charge in [0.2, 0.25) is 15.6 Å². The molecule has 0 aromatic heterocycles. The quantitative estimate of drug-likeness (QED) is 0.706. The van der Waals surface area contributed by atoms with Crippen LogP contribution in [-0.4, -0.2) is 25.9 Å². The molecule has 2 aromatic carbocycles. The molecular formula is C17H8F5NO4S. The first-order valence-electron chi connectivity index (χ1n) is 7.46. The normalized spacial score (nSPS) is 15.4. The van der Waals surface area contributed by atoms with Crippen molar-refractivity contribution in [2.45, 2.75) is 23.0 Å². The maximum Gasteiger partial charge on any atom is 0.341 e. The molecule has 0 atom stereocenters. The Morgan fingerprint density at radius 2 is 1.86 bits per heavy atom. The Labute approximate surface area is 154 Å². The Morgan fingerprint density at radius 1 is 1.18 bits per heavy atom. The van der Waals surface area contributed by atoms with E-state index in [4.69, 9.17) is 10.00 Å². The van der Waals surface area contributed by atoms with Crippen LogP contribution in [0.15, 0.2) is 35.2 Å². The minimum Gasteiger partial charge on any atom is -0.457 e. The van der Waals surface area contributed by atoms with Gasteiger partial charge in [-0.1, -0.05) is 0 Å². The Hall–Kier alpha value is -3.00. The highest BCUT2D eigenvalue weighted by molar-refractivity contribution is 7.91. The van der Waals surface area contributed by atoms with E-state index in [0.717, 1.165) is 24.3 Å². The largest absolute Gasteiger partial charge is 0.457 e. The SMILES string of the molecule is N#Cc1cc(F)cc(Oc2ccc(S(=O)(=O)C(F)F)c3c2CC(F)(F)C3=O)c1. The first kappa shape index (κ1) is 19.8. The van der Waals surface area contributed by atoms with Crippen LogP contribution in [0.4, 0.5) is 22.0 Å². The summed E-state index contributed by atoms with van der Waals surface area (Å²) in [4.78, 5) is 10.7. The van der Waals surface area contributed by atoms with Gasteiger partial charge in [-0.05, 0) is 24.3 Å². The molecule has 0 radical (unpaired) electrons. The van der Waals surface area contributed by atoms with E-state index in [-0.39, 0.29) is 11.3 Å². The number of alkyl halides is 4. The fourth-order valence-electron chi connectivity index (χ4n) is 2.76. The lowest BCUT2D eigenvalue weighted by Crippen LogP contribution is -2.25. The number of carbonyl (C=O) groups excluding carboxylic acids is 1. The van der Waals surface area contributed by atoms with Crippen LogP contribution < -0.4 is 4.74 Å². The Bertz CT molecular complexity index is 1140. The number of benzene rings is 2. The van der Waals surface area contributed by atoms with Crippen molar-refractivity contribution in [3.63, 3.8) is 0 Å². The van der Waals surface area contributed by atoms with Crippen molar-refractivity contribution < 1.29 is 39.9 Å². The van der Waals surface area contributed by atoms with Gasteiger partial charge in [0.15, 0.2) is 0 Å². The first-order valence-corrected chi connectivity index (χ1v) is 9.01. The molecule has 0 saturated carbocycles. The third kappa shape index (κ3) is 3.20. The number of rotatable bonds is 4. The summed E-state index contributed by atoms with van der Waals surface area (Å²) >= 11 is 0. The summed E-state index contributed by atoms with van der Waals surface area (Å²) in [6.07, 6.45) is -1.27. The Kier molecular flexibility index (Phi) is 4.63. The summed E-state index contributed by atoms with van der Waals surface area (Å²) in [6.45, 7) is 0. The van der Waals surface area contributed by atoms with Gasteiger partial charge in [0.05, 0.1) is 16.5 Å². The first-order chi connectivity index (χ1) is 13.0. The van der Waals surface area contributed by atoms with Crippen molar-refractivity contribution in [2.24, 2.45) is 0 Å². The number of halogens is 5. The van der Waals surface area contributed by atoms with Crippen LogP contribution in [-0.2, 0) is 16.3 Å². The van der Waals surface area contributed by atoms with Gasteiger partial charge in [0.25, 0.3) is 0 Å². The number of carbonyl (C=O) groups is 1. The molecule has 0 fully saturated rings. The van der Waals surface area contributed by atoms with Crippen LogP contribution >= 0.6 is 0 Å². The van der Waals surface area contributed by atoms with Crippen molar-refractivity contribution in [1.29, 1.82) is 5.26 Å². The van der Waals surface area contributed by atoms with E-state index >= 15 is 0 Å². The molecule has 0 N–H and O–H groups in total. The number of fused-ring (bicyclic) bond motifs is 1. The molecule has 0 amide bonds. The highest BCUT2D eigenvalue weighted by Crippen LogP contribution is 2.44. The molecule has 0 spiro atoms. The van der Waals surface area contributed by atoms with E-state index < -0.39 is 61.3 Å². The Balaban J connectivity index is 2.18. The van der Waals surface area contributed by atoms with Gasteiger partial charge in [-0.3, -0.25) is 4.79 Å². The predicted octanol–water partition coefficient (Wildman–Crippen LogP) is 3.86. The fourth-order valence-corrected chi connectivity index (χ4v) is 3.71. The monoisotopic (exact) mass is 417 g/mol. The third-order valence-electron chi connectivity index (χ3n) is 3.96. The summed E-state index contributed by atoms with van der Waals surface area (Å²) in [5, 5.41) is 8.83. The van der Waals surface area contributed by atoms with Gasteiger partial charge < -0.3 is 4.74 Å². The molecule has 146 valence electrons. The number of nitrogens with zero attached hydrogens (tertiary/aromatic N) is 1. The van der Waals surface area contributed by atoms with Crippen LogP contribution in [0.5, 0.6) is 11.5 Å². The number of sulfone groups is 1. The average molecular weight is 417 g/mol. The molecule has 28 heavy (non-hydrogen) atoms. The second kappa shape index (κ2) is 6.56. The van der Waals surface area contributed by atoms with Crippen LogP contribution in [0.2, 0.25) is 0 Å². The van der Waals surface area contributed by atoms with Gasteiger partial charge in [-0.25, -0.2) is 12.8 Å². The van der Waals surface area contributed by atoms with Crippen LogP contribution in [0, 0.1) is 17.1 Å². The molecule has 0 aliphatic heterocycles. The van der Waals surface area contributed by atoms with Crippen molar-refractivity contribution in [1.82, 2.24) is 0 Å². The topological polar surface area (TPSA) is 84.2 Å². The lowest BCUT2D eigenvalue weighted by molar-refractivity contribution is 0.0165. The van der Waals surface area contributed by atoms with Gasteiger partial charge >= 0.3 is 11.7 Å². The zero-order valence-corrected chi connectivity index (χ0v) is 14.4. The predicted molar refractivity (Wildman–Crippen MR) is 83.8 cm³/mol. The summed E-state index contributed by atoms with van der Waals surface area (Å²) < 4.78 is 95.9. The third-order valence-corrected chi connectivity index (χ3v) is 5.38. The van der Waals surface area contributed by atoms with Crippen molar-refractivity contribution in [3.8, 4) is 17.6 Å². The average Bonchev–Trinajstić information content (AvgIpc) is 2.85. The van der Waals surface area contributed by atoms with Crippen molar-refractivity contribution in [2.75, 3.05) is 0 Å². The second-order valence-electron chi connectivity index (χ2n) is 5.82. The number of ether oxygens (including phenoxy) is 1. The molecule has 3 rings (SSSR count). The maximum atomic E-state index is 13.9. The van der Waals surface area contributed by atoms with Gasteiger partial charge in [-0.15, -0.1) is 0 Å². The fraction of sp³-hybridized carbons (Fsp3) is 0.176. The standard InChI is InChI=1S/C17H8F5NO4S/c18-9-3-8(7-23)4-10(5-9)27-12-1-2-13(28(25,26)16(19)20)14-11(12)6-17(21,22)15(14)24/h1-5,16H,6H2. The van der Waals surface area contributed by atoms with E-state index in [9.17, 15) is 35.2 Å². The Morgan fingerprint density at radius 3 is 2.46 bits per heavy atom. The molecule has 0 unspecified atom stereocenters.